The van der Waals surface area contributed by atoms with Crippen LogP contribution in [0.3, 0.4) is 0 Å². The Hall–Kier alpha value is -0.370. The minimum Gasteiger partial charge on any atom is -0.357 e. The zero-order valence-corrected chi connectivity index (χ0v) is 14.9. The number of hydrogen-bond donors (Lipinski definition) is 2. The van der Waals surface area contributed by atoms with Crippen molar-refractivity contribution in [3.05, 3.63) is 16.1 Å². The molecule has 0 spiro atoms. The Balaban J connectivity index is 0.00000180. The number of guanidine groups is 1. The van der Waals surface area contributed by atoms with Gasteiger partial charge in [-0.25, -0.2) is 9.98 Å². The predicted molar refractivity (Wildman–Crippen MR) is 92.4 cm³/mol. The second-order valence-corrected chi connectivity index (χ2v) is 5.69. The van der Waals surface area contributed by atoms with Crippen LogP contribution < -0.4 is 10.6 Å². The lowest BCUT2D eigenvalue weighted by Gasteiger charge is -2.10. The molecule has 2 N–H and O–H groups in total. The number of aryl methyl sites for hydroxylation is 1. The van der Waals surface area contributed by atoms with E-state index in [1.165, 1.54) is 11.4 Å². The van der Waals surface area contributed by atoms with Gasteiger partial charge in [-0.1, -0.05) is 13.8 Å². The van der Waals surface area contributed by atoms with Crippen LogP contribution in [0.5, 0.6) is 0 Å². The summed E-state index contributed by atoms with van der Waals surface area (Å²) in [7, 11) is 0. The molecule has 1 saturated carbocycles. The quantitative estimate of drug-likeness (QED) is 0.459. The lowest BCUT2D eigenvalue weighted by molar-refractivity contribution is 0.765. The molecule has 108 valence electrons. The van der Waals surface area contributed by atoms with Crippen molar-refractivity contribution in [1.82, 2.24) is 15.6 Å². The summed E-state index contributed by atoms with van der Waals surface area (Å²) < 4.78 is 0. The SMILES string of the molecule is CCNC(=NCc1csc(CC)n1)NC1CC1C.I. The summed E-state index contributed by atoms with van der Waals surface area (Å²) in [6, 6.07) is 0.601. The topological polar surface area (TPSA) is 49.3 Å². The smallest absolute Gasteiger partial charge is 0.191 e. The van der Waals surface area contributed by atoms with Crippen LogP contribution in [0.2, 0.25) is 0 Å². The van der Waals surface area contributed by atoms with E-state index in [4.69, 9.17) is 0 Å². The van der Waals surface area contributed by atoms with Crippen molar-refractivity contribution >= 4 is 41.3 Å². The standard InChI is InChI=1S/C13H22N4S.HI/c1-4-12-16-10(8-18-12)7-15-13(14-5-2)17-11-6-9(11)3;/h8-9,11H,4-7H2,1-3H3,(H2,14,15,17);1H. The van der Waals surface area contributed by atoms with Crippen molar-refractivity contribution in [2.45, 2.75) is 46.2 Å². The molecular weight excluding hydrogens is 371 g/mol. The van der Waals surface area contributed by atoms with Crippen molar-refractivity contribution in [2.24, 2.45) is 10.9 Å². The second kappa shape index (κ2) is 8.04. The molecule has 1 aliphatic rings. The molecule has 4 nitrogen and oxygen atoms in total. The van der Waals surface area contributed by atoms with Crippen LogP contribution in [0.15, 0.2) is 10.4 Å². The molecule has 1 aromatic heterocycles. The second-order valence-electron chi connectivity index (χ2n) is 4.75. The summed E-state index contributed by atoms with van der Waals surface area (Å²) in [6.07, 6.45) is 2.26. The number of aromatic nitrogens is 1. The normalized spacial score (nSPS) is 21.7. The van der Waals surface area contributed by atoms with Crippen LogP contribution in [0.25, 0.3) is 0 Å². The lowest BCUT2D eigenvalue weighted by atomic mass is 10.4. The molecule has 1 aliphatic carbocycles. The van der Waals surface area contributed by atoms with Crippen LogP contribution in [0, 0.1) is 5.92 Å². The zero-order chi connectivity index (χ0) is 13.0. The molecule has 0 radical (unpaired) electrons. The number of nitrogens with zero attached hydrogens (tertiary/aromatic N) is 2. The third-order valence-corrected chi connectivity index (χ3v) is 4.12. The number of rotatable bonds is 5. The van der Waals surface area contributed by atoms with Crippen LogP contribution in [0.4, 0.5) is 0 Å². The summed E-state index contributed by atoms with van der Waals surface area (Å²) in [5, 5.41) is 10.0. The fourth-order valence-corrected chi connectivity index (χ4v) is 2.50. The van der Waals surface area contributed by atoms with E-state index in [0.29, 0.717) is 12.6 Å². The number of aliphatic imine (C=N–C) groups is 1. The monoisotopic (exact) mass is 394 g/mol. The zero-order valence-electron chi connectivity index (χ0n) is 11.8. The van der Waals surface area contributed by atoms with Crippen LogP contribution in [-0.4, -0.2) is 23.5 Å². The average molecular weight is 394 g/mol. The van der Waals surface area contributed by atoms with Crippen molar-refractivity contribution in [3.63, 3.8) is 0 Å². The molecule has 0 bridgehead atoms. The minimum atomic E-state index is 0. The van der Waals surface area contributed by atoms with E-state index in [1.807, 2.05) is 0 Å². The van der Waals surface area contributed by atoms with Gasteiger partial charge in [0.1, 0.15) is 0 Å². The summed E-state index contributed by atoms with van der Waals surface area (Å²) in [5.41, 5.74) is 1.07. The van der Waals surface area contributed by atoms with E-state index in [1.54, 1.807) is 11.3 Å². The van der Waals surface area contributed by atoms with Crippen molar-refractivity contribution < 1.29 is 0 Å². The third kappa shape index (κ3) is 5.25. The first-order valence-electron chi connectivity index (χ1n) is 6.71. The van der Waals surface area contributed by atoms with Crippen LogP contribution in [0.1, 0.15) is 37.9 Å². The van der Waals surface area contributed by atoms with E-state index < -0.39 is 0 Å². The van der Waals surface area contributed by atoms with E-state index in [9.17, 15) is 0 Å². The Bertz CT molecular complexity index is 419. The molecule has 1 fully saturated rings. The van der Waals surface area contributed by atoms with Gasteiger partial charge in [0.25, 0.3) is 0 Å². The largest absolute Gasteiger partial charge is 0.357 e. The molecule has 0 aromatic carbocycles. The Kier molecular flexibility index (Phi) is 7.06. The minimum absolute atomic E-state index is 0. The maximum atomic E-state index is 4.58. The Morgan fingerprint density at radius 2 is 2.26 bits per heavy atom. The maximum Gasteiger partial charge on any atom is 0.191 e. The van der Waals surface area contributed by atoms with Gasteiger partial charge < -0.3 is 10.6 Å². The Labute approximate surface area is 136 Å². The van der Waals surface area contributed by atoms with Crippen molar-refractivity contribution in [2.75, 3.05) is 6.54 Å². The molecule has 1 heterocycles. The Morgan fingerprint density at radius 1 is 1.53 bits per heavy atom. The molecule has 2 atom stereocenters. The third-order valence-electron chi connectivity index (χ3n) is 3.08. The number of hydrogen-bond acceptors (Lipinski definition) is 3. The van der Waals surface area contributed by atoms with Crippen LogP contribution in [-0.2, 0) is 13.0 Å². The van der Waals surface area contributed by atoms with Gasteiger partial charge in [-0.05, 0) is 25.7 Å². The average Bonchev–Trinajstić information content (AvgIpc) is 2.89. The molecule has 0 amide bonds. The van der Waals surface area contributed by atoms with Gasteiger partial charge in [0.05, 0.1) is 17.2 Å². The van der Waals surface area contributed by atoms with Gasteiger partial charge in [0.15, 0.2) is 5.96 Å². The van der Waals surface area contributed by atoms with Crippen molar-refractivity contribution in [1.29, 1.82) is 0 Å². The highest BCUT2D eigenvalue weighted by Crippen LogP contribution is 2.28. The molecule has 19 heavy (non-hydrogen) atoms. The fourth-order valence-electron chi connectivity index (χ4n) is 1.76. The van der Waals surface area contributed by atoms with Gasteiger partial charge >= 0.3 is 0 Å². The highest BCUT2D eigenvalue weighted by Gasteiger charge is 2.33. The summed E-state index contributed by atoms with van der Waals surface area (Å²) in [4.78, 5) is 9.11. The summed E-state index contributed by atoms with van der Waals surface area (Å²) in [5.74, 6) is 1.69. The molecule has 0 saturated heterocycles. The first-order valence-corrected chi connectivity index (χ1v) is 7.59. The highest BCUT2D eigenvalue weighted by molar-refractivity contribution is 14.0. The fraction of sp³-hybridized carbons (Fsp3) is 0.692. The van der Waals surface area contributed by atoms with Crippen molar-refractivity contribution in [3.8, 4) is 0 Å². The van der Waals surface area contributed by atoms with E-state index in [0.717, 1.165) is 30.5 Å². The predicted octanol–water partition coefficient (Wildman–Crippen LogP) is 2.79. The van der Waals surface area contributed by atoms with Gasteiger partial charge in [0, 0.05) is 18.0 Å². The molecule has 1 aromatic rings. The first kappa shape index (κ1) is 16.7. The van der Waals surface area contributed by atoms with E-state index in [2.05, 4.69) is 46.8 Å². The van der Waals surface area contributed by atoms with Crippen LogP contribution >= 0.6 is 35.3 Å². The summed E-state index contributed by atoms with van der Waals surface area (Å²) in [6.45, 7) is 8.03. The summed E-state index contributed by atoms with van der Waals surface area (Å²) >= 11 is 1.72. The first-order chi connectivity index (χ1) is 8.72. The molecular formula is C13H23IN4S. The number of halogens is 1. The lowest BCUT2D eigenvalue weighted by Crippen LogP contribution is -2.39. The number of thiazole rings is 1. The van der Waals surface area contributed by atoms with E-state index >= 15 is 0 Å². The van der Waals surface area contributed by atoms with E-state index in [-0.39, 0.29) is 24.0 Å². The molecule has 6 heteroatoms. The highest BCUT2D eigenvalue weighted by atomic mass is 127. The molecule has 0 aliphatic heterocycles. The van der Waals surface area contributed by atoms with Gasteiger partial charge in [-0.2, -0.15) is 0 Å². The van der Waals surface area contributed by atoms with Gasteiger partial charge in [0.2, 0.25) is 0 Å². The van der Waals surface area contributed by atoms with Gasteiger partial charge in [-0.15, -0.1) is 35.3 Å². The van der Waals surface area contributed by atoms with Gasteiger partial charge in [-0.3, -0.25) is 0 Å². The maximum absolute atomic E-state index is 4.58. The Morgan fingerprint density at radius 3 is 2.79 bits per heavy atom. The number of nitrogens with one attached hydrogen (secondary N) is 2. The molecule has 2 rings (SSSR count). The molecule has 2 unspecified atom stereocenters.